The van der Waals surface area contributed by atoms with Crippen molar-refractivity contribution in [1.82, 2.24) is 0 Å². The highest BCUT2D eigenvalue weighted by atomic mass is 16.6. The van der Waals surface area contributed by atoms with Crippen LogP contribution in [0.4, 0.5) is 0 Å². The van der Waals surface area contributed by atoms with Crippen molar-refractivity contribution in [3.05, 3.63) is 29.8 Å². The Morgan fingerprint density at radius 2 is 1.70 bits per heavy atom. The summed E-state index contributed by atoms with van der Waals surface area (Å²) in [6.07, 6.45) is -0.604. The number of esters is 1. The largest absolute Gasteiger partial charge is 0.508 e. The minimum absolute atomic E-state index is 0.00406. The summed E-state index contributed by atoms with van der Waals surface area (Å²) in [5.74, 6) is -2.04. The molecule has 0 radical (unpaired) electrons. The molecule has 6 heteroatoms. The second-order valence-electron chi connectivity index (χ2n) is 5.59. The van der Waals surface area contributed by atoms with Gasteiger partial charge in [-0.15, -0.1) is 0 Å². The number of carboxylic acid groups (broad SMARTS) is 1. The maximum atomic E-state index is 12.2. The van der Waals surface area contributed by atoms with Crippen molar-refractivity contribution >= 4 is 11.9 Å². The molecule has 20 heavy (non-hydrogen) atoms. The molecule has 110 valence electrons. The van der Waals surface area contributed by atoms with Crippen LogP contribution in [0.15, 0.2) is 24.3 Å². The predicted octanol–water partition coefficient (Wildman–Crippen LogP) is 1.36. The molecule has 1 aromatic carbocycles. The average molecular weight is 281 g/mol. The van der Waals surface area contributed by atoms with Gasteiger partial charge in [-0.05, 0) is 38.5 Å². The van der Waals surface area contributed by atoms with Gasteiger partial charge < -0.3 is 20.7 Å². The second kappa shape index (κ2) is 5.50. The first-order valence-electron chi connectivity index (χ1n) is 6.08. The van der Waals surface area contributed by atoms with E-state index in [2.05, 4.69) is 0 Å². The van der Waals surface area contributed by atoms with Crippen molar-refractivity contribution in [2.45, 2.75) is 38.3 Å². The van der Waals surface area contributed by atoms with Gasteiger partial charge >= 0.3 is 11.9 Å². The van der Waals surface area contributed by atoms with E-state index >= 15 is 0 Å². The fraction of sp³-hybridized carbons (Fsp3) is 0.429. The summed E-state index contributed by atoms with van der Waals surface area (Å²) in [4.78, 5) is 23.2. The van der Waals surface area contributed by atoms with Crippen LogP contribution in [0.3, 0.4) is 0 Å². The van der Waals surface area contributed by atoms with Gasteiger partial charge in [-0.25, -0.2) is 4.79 Å². The van der Waals surface area contributed by atoms with E-state index in [1.54, 1.807) is 20.8 Å². The van der Waals surface area contributed by atoms with Gasteiger partial charge in [0.15, 0.2) is 5.54 Å². The molecule has 1 rings (SSSR count). The highest BCUT2D eigenvalue weighted by molar-refractivity contribution is 5.87. The van der Waals surface area contributed by atoms with Crippen LogP contribution in [0, 0.1) is 0 Å². The lowest BCUT2D eigenvalue weighted by Gasteiger charge is -2.30. The van der Waals surface area contributed by atoms with Crippen molar-refractivity contribution in [1.29, 1.82) is 0 Å². The molecule has 0 aliphatic carbocycles. The Kier molecular flexibility index (Phi) is 4.39. The fourth-order valence-electron chi connectivity index (χ4n) is 1.66. The van der Waals surface area contributed by atoms with Crippen LogP contribution in [0.1, 0.15) is 32.8 Å². The number of carbonyl (C=O) groups is 2. The van der Waals surface area contributed by atoms with E-state index in [-0.39, 0.29) is 11.3 Å². The maximum absolute atomic E-state index is 12.2. The highest BCUT2D eigenvalue weighted by Crippen LogP contribution is 2.27. The van der Waals surface area contributed by atoms with Crippen molar-refractivity contribution in [3.8, 4) is 5.75 Å². The molecule has 0 saturated heterocycles. The number of phenolic OH excluding ortho intramolecular Hbond substituents is 1. The van der Waals surface area contributed by atoms with Crippen LogP contribution in [-0.2, 0) is 19.9 Å². The molecule has 0 aliphatic heterocycles. The number of hydrogen-bond acceptors (Lipinski definition) is 5. The molecule has 4 N–H and O–H groups in total. The molecule has 0 amide bonds. The van der Waals surface area contributed by atoms with Crippen LogP contribution in [0.25, 0.3) is 0 Å². The standard InChI is InChI=1S/C14H19NO5/c1-13(2,3)20-12(19)14(15,8-11(17)18)9-4-6-10(16)7-5-9/h4-7,16H,8,15H2,1-3H3,(H,17,18)/t14-/m1/s1. The first-order valence-corrected chi connectivity index (χ1v) is 6.08. The lowest BCUT2D eigenvalue weighted by molar-refractivity contribution is -0.165. The molecule has 0 heterocycles. The van der Waals surface area contributed by atoms with Gasteiger partial charge in [0, 0.05) is 0 Å². The summed E-state index contributed by atoms with van der Waals surface area (Å²) in [6.45, 7) is 5.01. The number of carboxylic acids is 1. The molecule has 6 nitrogen and oxygen atoms in total. The van der Waals surface area contributed by atoms with Crippen molar-refractivity contribution in [2.24, 2.45) is 5.73 Å². The van der Waals surface area contributed by atoms with Gasteiger partial charge in [-0.2, -0.15) is 0 Å². The second-order valence-corrected chi connectivity index (χ2v) is 5.59. The Labute approximate surface area is 117 Å². The minimum atomic E-state index is -1.80. The molecule has 0 unspecified atom stereocenters. The van der Waals surface area contributed by atoms with E-state index in [0.717, 1.165) is 0 Å². The van der Waals surface area contributed by atoms with Gasteiger partial charge in [0.2, 0.25) is 0 Å². The van der Waals surface area contributed by atoms with E-state index in [4.69, 9.17) is 15.6 Å². The van der Waals surface area contributed by atoms with Gasteiger partial charge in [0.25, 0.3) is 0 Å². The Morgan fingerprint density at radius 1 is 1.20 bits per heavy atom. The number of carbonyl (C=O) groups excluding carboxylic acids is 1. The van der Waals surface area contributed by atoms with Crippen molar-refractivity contribution < 1.29 is 24.5 Å². The zero-order valence-corrected chi connectivity index (χ0v) is 11.7. The van der Waals surface area contributed by atoms with E-state index < -0.39 is 29.5 Å². The van der Waals surface area contributed by atoms with Crippen LogP contribution in [0.5, 0.6) is 5.75 Å². The Morgan fingerprint density at radius 3 is 2.10 bits per heavy atom. The molecule has 0 aromatic heterocycles. The Balaban J connectivity index is 3.18. The fourth-order valence-corrected chi connectivity index (χ4v) is 1.66. The average Bonchev–Trinajstić information content (AvgIpc) is 2.26. The normalized spacial score (nSPS) is 14.4. The van der Waals surface area contributed by atoms with Gasteiger partial charge in [0.1, 0.15) is 11.4 Å². The lowest BCUT2D eigenvalue weighted by Crippen LogP contribution is -2.49. The zero-order chi connectivity index (χ0) is 15.6. The third kappa shape index (κ3) is 3.96. The lowest BCUT2D eigenvalue weighted by atomic mass is 9.87. The van der Waals surface area contributed by atoms with Crippen LogP contribution in [-0.4, -0.2) is 27.8 Å². The first kappa shape index (κ1) is 16.0. The summed E-state index contributed by atoms with van der Waals surface area (Å²) >= 11 is 0. The SMILES string of the molecule is CC(C)(C)OC(=O)[C@@](N)(CC(=O)O)c1ccc(O)cc1. The zero-order valence-electron chi connectivity index (χ0n) is 11.7. The third-order valence-electron chi connectivity index (χ3n) is 2.58. The number of aliphatic carboxylic acids is 1. The molecule has 0 fully saturated rings. The van der Waals surface area contributed by atoms with Gasteiger partial charge in [-0.3, -0.25) is 4.79 Å². The number of phenols is 1. The van der Waals surface area contributed by atoms with E-state index in [1.807, 2.05) is 0 Å². The molecule has 0 spiro atoms. The van der Waals surface area contributed by atoms with Crippen LogP contribution < -0.4 is 5.73 Å². The molecular formula is C14H19NO5. The molecule has 1 aromatic rings. The summed E-state index contributed by atoms with van der Waals surface area (Å²) in [7, 11) is 0. The van der Waals surface area contributed by atoms with E-state index in [0.29, 0.717) is 0 Å². The molecular weight excluding hydrogens is 262 g/mol. The molecule has 0 aliphatic rings. The van der Waals surface area contributed by atoms with Crippen molar-refractivity contribution in [2.75, 3.05) is 0 Å². The van der Waals surface area contributed by atoms with Crippen molar-refractivity contribution in [3.63, 3.8) is 0 Å². The Hall–Kier alpha value is -2.08. The monoisotopic (exact) mass is 281 g/mol. The van der Waals surface area contributed by atoms with E-state index in [9.17, 15) is 14.7 Å². The van der Waals surface area contributed by atoms with E-state index in [1.165, 1.54) is 24.3 Å². The summed E-state index contributed by atoms with van der Waals surface area (Å²) in [5, 5.41) is 18.2. The first-order chi connectivity index (χ1) is 9.04. The van der Waals surface area contributed by atoms with Crippen LogP contribution >= 0.6 is 0 Å². The van der Waals surface area contributed by atoms with Crippen LogP contribution in [0.2, 0.25) is 0 Å². The summed E-state index contributed by atoms with van der Waals surface area (Å²) in [5.41, 5.74) is 3.67. The molecule has 0 saturated carbocycles. The number of nitrogens with two attached hydrogens (primary N) is 1. The summed E-state index contributed by atoms with van der Waals surface area (Å²) < 4.78 is 5.20. The molecule has 1 atom stereocenters. The smallest absolute Gasteiger partial charge is 0.331 e. The number of rotatable bonds is 4. The number of ether oxygens (including phenoxy) is 1. The van der Waals surface area contributed by atoms with Gasteiger partial charge in [-0.1, -0.05) is 12.1 Å². The minimum Gasteiger partial charge on any atom is -0.508 e. The number of aromatic hydroxyl groups is 1. The molecule has 0 bridgehead atoms. The third-order valence-corrected chi connectivity index (χ3v) is 2.58. The predicted molar refractivity (Wildman–Crippen MR) is 72.1 cm³/mol. The quantitative estimate of drug-likeness (QED) is 0.719. The number of benzene rings is 1. The maximum Gasteiger partial charge on any atom is 0.331 e. The topological polar surface area (TPSA) is 110 Å². The van der Waals surface area contributed by atoms with Gasteiger partial charge in [0.05, 0.1) is 6.42 Å². The summed E-state index contributed by atoms with van der Waals surface area (Å²) in [6, 6.07) is 5.48. The Bertz CT molecular complexity index is 503. The number of hydrogen-bond donors (Lipinski definition) is 3. The highest BCUT2D eigenvalue weighted by Gasteiger charge is 2.41.